The minimum Gasteiger partial charge on any atom is -0.478 e. The summed E-state index contributed by atoms with van der Waals surface area (Å²) in [5.41, 5.74) is 7.15. The number of hydrogen-bond acceptors (Lipinski definition) is 11. The van der Waals surface area contributed by atoms with Crippen molar-refractivity contribution in [2.24, 2.45) is 0 Å². The maximum atomic E-state index is 13.4. The van der Waals surface area contributed by atoms with Crippen LogP contribution >= 0.6 is 0 Å². The van der Waals surface area contributed by atoms with E-state index in [0.717, 1.165) is 0 Å². The molecular formula is C28H26N4O9. The van der Waals surface area contributed by atoms with E-state index in [-0.39, 0.29) is 59.4 Å². The second-order valence-electron chi connectivity index (χ2n) is 11.0. The number of esters is 2. The lowest BCUT2D eigenvalue weighted by Crippen LogP contribution is -2.35. The van der Waals surface area contributed by atoms with Crippen molar-refractivity contribution in [3.63, 3.8) is 0 Å². The van der Waals surface area contributed by atoms with Crippen molar-refractivity contribution in [1.82, 2.24) is 0 Å². The van der Waals surface area contributed by atoms with Gasteiger partial charge in [-0.1, -0.05) is 0 Å². The number of nitrogens with two attached hydrogens (primary N) is 2. The molecule has 4 rings (SSSR count). The average molecular weight is 563 g/mol. The lowest BCUT2D eigenvalue weighted by Gasteiger charge is -2.34. The summed E-state index contributed by atoms with van der Waals surface area (Å²) in [6.45, 7) is 6.41. The zero-order chi connectivity index (χ0) is 30.6. The van der Waals surface area contributed by atoms with Gasteiger partial charge in [-0.2, -0.15) is 10.5 Å². The van der Waals surface area contributed by atoms with E-state index in [0.29, 0.717) is 0 Å². The molecule has 0 radical (unpaired) electrons. The molecule has 2 aromatic rings. The van der Waals surface area contributed by atoms with Crippen LogP contribution in [0.15, 0.2) is 0 Å². The van der Waals surface area contributed by atoms with Gasteiger partial charge in [0.1, 0.15) is 12.1 Å². The van der Waals surface area contributed by atoms with Gasteiger partial charge in [0, 0.05) is 12.8 Å². The Morgan fingerprint density at radius 3 is 1.34 bits per heavy atom. The van der Waals surface area contributed by atoms with E-state index in [1.807, 2.05) is 12.1 Å². The number of nitrogens with zero attached hydrogens (tertiary/aromatic N) is 2. The zero-order valence-corrected chi connectivity index (χ0v) is 22.6. The molecule has 6 N–H and O–H groups in total. The molecule has 0 saturated heterocycles. The summed E-state index contributed by atoms with van der Waals surface area (Å²) in [5, 5.41) is 39.7. The van der Waals surface area contributed by atoms with Crippen LogP contribution in [0.3, 0.4) is 0 Å². The Bertz CT molecular complexity index is 1540. The standard InChI is InChI=1S/C28H26N4O9/c1-27(2)5-11-13(7-29)21(31)19(17(23(33)34)15(11)9-39-27)25(37)41-26(38)20-18(24(35)36)16-10-40-28(3,4)6-12(16)14(8-30)22(20)32/h5-6,9-10,31-32H2,1-4H3,(H,33,34)(H,35,36). The highest BCUT2D eigenvalue weighted by Gasteiger charge is 2.40. The van der Waals surface area contributed by atoms with Gasteiger partial charge < -0.3 is 35.9 Å². The molecule has 0 amide bonds. The first-order valence-electron chi connectivity index (χ1n) is 12.3. The molecule has 0 saturated carbocycles. The van der Waals surface area contributed by atoms with Gasteiger partial charge in [-0.15, -0.1) is 0 Å². The van der Waals surface area contributed by atoms with E-state index < -0.39 is 68.7 Å². The van der Waals surface area contributed by atoms with Crippen LogP contribution in [0, 0.1) is 22.7 Å². The molecule has 2 aliphatic rings. The number of carboxylic acid groups (broad SMARTS) is 2. The maximum absolute atomic E-state index is 13.4. The second-order valence-corrected chi connectivity index (χ2v) is 11.0. The molecule has 0 unspecified atom stereocenters. The van der Waals surface area contributed by atoms with E-state index in [2.05, 4.69) is 0 Å². The van der Waals surface area contributed by atoms with E-state index in [4.69, 9.17) is 25.7 Å². The SMILES string of the molecule is CC1(C)Cc2c(C#N)c(N)c(C(=O)OC(=O)c3c(N)c(C#N)c4c(c3C(=O)O)COC(C)(C)C4)c(C(=O)O)c2CO1. The number of hydrogen-bond donors (Lipinski definition) is 4. The zero-order valence-electron chi connectivity index (χ0n) is 22.6. The molecule has 0 atom stereocenters. The lowest BCUT2D eigenvalue weighted by molar-refractivity contribution is -0.0408. The van der Waals surface area contributed by atoms with Crippen LogP contribution < -0.4 is 11.5 Å². The van der Waals surface area contributed by atoms with Crippen LogP contribution in [-0.4, -0.2) is 45.3 Å². The van der Waals surface area contributed by atoms with Gasteiger partial charge in [-0.3, -0.25) is 0 Å². The minimum absolute atomic E-state index is 0.0213. The molecule has 2 heterocycles. The Hall–Kier alpha value is -4.98. The number of anilines is 2. The Morgan fingerprint density at radius 1 is 0.707 bits per heavy atom. The Kier molecular flexibility index (Phi) is 7.00. The van der Waals surface area contributed by atoms with Gasteiger partial charge >= 0.3 is 23.9 Å². The third-order valence-corrected chi connectivity index (χ3v) is 7.18. The normalized spacial score (nSPS) is 16.3. The predicted molar refractivity (Wildman–Crippen MR) is 140 cm³/mol. The third-order valence-electron chi connectivity index (χ3n) is 7.18. The molecule has 0 aromatic heterocycles. The summed E-state index contributed by atoms with van der Waals surface area (Å²) >= 11 is 0. The largest absolute Gasteiger partial charge is 0.478 e. The van der Waals surface area contributed by atoms with Crippen LogP contribution in [0.2, 0.25) is 0 Å². The van der Waals surface area contributed by atoms with Gasteiger partial charge in [-0.05, 0) is 49.9 Å². The Labute approximate surface area is 233 Å². The number of ether oxygens (including phenoxy) is 3. The van der Waals surface area contributed by atoms with Crippen molar-refractivity contribution >= 4 is 35.3 Å². The Morgan fingerprint density at radius 2 is 1.05 bits per heavy atom. The molecule has 41 heavy (non-hydrogen) atoms. The summed E-state index contributed by atoms with van der Waals surface area (Å²) in [6, 6.07) is 3.77. The number of aromatic carboxylic acids is 2. The molecule has 0 bridgehead atoms. The van der Waals surface area contributed by atoms with Crippen LogP contribution in [0.4, 0.5) is 11.4 Å². The van der Waals surface area contributed by atoms with Crippen molar-refractivity contribution in [2.45, 2.75) is 65.0 Å². The van der Waals surface area contributed by atoms with Gasteiger partial charge in [0.25, 0.3) is 0 Å². The highest BCUT2D eigenvalue weighted by molar-refractivity contribution is 6.16. The topological polar surface area (TPSA) is 236 Å². The van der Waals surface area contributed by atoms with Crippen molar-refractivity contribution in [1.29, 1.82) is 10.5 Å². The van der Waals surface area contributed by atoms with Gasteiger partial charge in [0.15, 0.2) is 0 Å². The number of nitrogen functional groups attached to an aromatic ring is 2. The maximum Gasteiger partial charge on any atom is 0.349 e. The Balaban J connectivity index is 1.88. The highest BCUT2D eigenvalue weighted by Crippen LogP contribution is 2.40. The first kappa shape index (κ1) is 29.0. The number of rotatable bonds is 4. The van der Waals surface area contributed by atoms with E-state index in [1.165, 1.54) is 0 Å². The number of benzene rings is 2. The molecule has 2 aliphatic heterocycles. The number of nitriles is 2. The summed E-state index contributed by atoms with van der Waals surface area (Å²) in [5.74, 6) is -6.30. The van der Waals surface area contributed by atoms with Gasteiger partial charge in [-0.25, -0.2) is 19.2 Å². The van der Waals surface area contributed by atoms with E-state index in [1.54, 1.807) is 27.7 Å². The van der Waals surface area contributed by atoms with Crippen molar-refractivity contribution in [2.75, 3.05) is 11.5 Å². The second kappa shape index (κ2) is 9.89. The molecule has 0 spiro atoms. The van der Waals surface area contributed by atoms with Crippen molar-refractivity contribution in [3.8, 4) is 12.1 Å². The number of carboxylic acids is 2. The molecule has 212 valence electrons. The van der Waals surface area contributed by atoms with Crippen molar-refractivity contribution in [3.05, 3.63) is 55.6 Å². The fourth-order valence-corrected chi connectivity index (χ4v) is 5.28. The van der Waals surface area contributed by atoms with E-state index >= 15 is 0 Å². The van der Waals surface area contributed by atoms with Gasteiger partial charge in [0.05, 0.1) is 69.2 Å². The monoisotopic (exact) mass is 562 g/mol. The van der Waals surface area contributed by atoms with E-state index in [9.17, 15) is 39.9 Å². The first-order chi connectivity index (χ1) is 19.0. The summed E-state index contributed by atoms with van der Waals surface area (Å²) < 4.78 is 16.4. The summed E-state index contributed by atoms with van der Waals surface area (Å²) in [4.78, 5) is 51.4. The lowest BCUT2D eigenvalue weighted by atomic mass is 9.82. The molecule has 2 aromatic carbocycles. The quantitative estimate of drug-likeness (QED) is 0.238. The summed E-state index contributed by atoms with van der Waals surface area (Å²) in [7, 11) is 0. The fraction of sp³-hybridized carbons (Fsp3) is 0.357. The average Bonchev–Trinajstić information content (AvgIpc) is 2.85. The number of carbonyl (C=O) groups is 4. The molecule has 13 heteroatoms. The van der Waals surface area contributed by atoms with Gasteiger partial charge in [0.2, 0.25) is 0 Å². The summed E-state index contributed by atoms with van der Waals surface area (Å²) in [6.07, 6.45) is 0.237. The number of fused-ring (bicyclic) bond motifs is 2. The fourth-order valence-electron chi connectivity index (χ4n) is 5.28. The third kappa shape index (κ3) is 4.82. The minimum atomic E-state index is -1.59. The van der Waals surface area contributed by atoms with Crippen LogP contribution in [0.25, 0.3) is 0 Å². The van der Waals surface area contributed by atoms with Crippen LogP contribution in [0.1, 0.15) is 103 Å². The molecule has 13 nitrogen and oxygen atoms in total. The smallest absolute Gasteiger partial charge is 0.349 e. The van der Waals surface area contributed by atoms with Crippen LogP contribution in [0.5, 0.6) is 0 Å². The molecular weight excluding hydrogens is 536 g/mol. The highest BCUT2D eigenvalue weighted by atomic mass is 16.6. The molecule has 0 fully saturated rings. The van der Waals surface area contributed by atoms with Crippen LogP contribution in [-0.2, 0) is 40.3 Å². The predicted octanol–water partition coefficient (Wildman–Crippen LogP) is 2.69. The van der Waals surface area contributed by atoms with Crippen molar-refractivity contribution < 1.29 is 43.6 Å². The number of carbonyl (C=O) groups excluding carboxylic acids is 2. The first-order valence-corrected chi connectivity index (χ1v) is 12.3. The molecule has 0 aliphatic carbocycles.